The minimum Gasteiger partial charge on any atom is -0.393 e. The molecule has 3 heterocycles. The maximum absolute atomic E-state index is 12.5. The van der Waals surface area contributed by atoms with Crippen LogP contribution in [0.3, 0.4) is 0 Å². The molecule has 1 saturated carbocycles. The van der Waals surface area contributed by atoms with Crippen molar-refractivity contribution in [3.8, 4) is 6.07 Å². The number of nitrogens with one attached hydrogen (secondary N) is 1. The number of piperidine rings is 1. The summed E-state index contributed by atoms with van der Waals surface area (Å²) in [4.78, 5) is 16.6. The first kappa shape index (κ1) is 22.3. The molecule has 2 N–H and O–H groups in total. The Kier molecular flexibility index (Phi) is 6.35. The van der Waals surface area contributed by atoms with Crippen LogP contribution in [-0.4, -0.2) is 71.1 Å². The molecule has 2 saturated heterocycles. The molecule has 0 bridgehead atoms. The van der Waals surface area contributed by atoms with E-state index in [0.29, 0.717) is 48.5 Å². The molecule has 2 amide bonds. The van der Waals surface area contributed by atoms with Gasteiger partial charge in [-0.1, -0.05) is 24.4 Å². The summed E-state index contributed by atoms with van der Waals surface area (Å²) in [5, 5.41) is 29.6. The van der Waals surface area contributed by atoms with Crippen LogP contribution in [0.1, 0.15) is 50.5 Å². The predicted molar refractivity (Wildman–Crippen MR) is 127 cm³/mol. The number of nitrogens with zero attached hydrogens (tertiary/aromatic N) is 5. The van der Waals surface area contributed by atoms with Gasteiger partial charge in [0.15, 0.2) is 0 Å². The molecule has 33 heavy (non-hydrogen) atoms. The van der Waals surface area contributed by atoms with E-state index >= 15 is 0 Å². The van der Waals surface area contributed by atoms with Crippen molar-refractivity contribution in [1.29, 1.82) is 5.26 Å². The van der Waals surface area contributed by atoms with Crippen molar-refractivity contribution in [2.24, 2.45) is 11.0 Å². The van der Waals surface area contributed by atoms with Gasteiger partial charge in [-0.3, -0.25) is 5.01 Å². The monoisotopic (exact) mass is 470 g/mol. The lowest BCUT2D eigenvalue weighted by atomic mass is 9.94. The van der Waals surface area contributed by atoms with Crippen molar-refractivity contribution in [3.63, 3.8) is 0 Å². The Labute approximate surface area is 199 Å². The van der Waals surface area contributed by atoms with Gasteiger partial charge in [0.25, 0.3) is 0 Å². The molecule has 0 aromatic heterocycles. The number of carbonyl (C=O) groups is 1. The number of likely N-dealkylation sites (tertiary alicyclic amines) is 2. The average molecular weight is 471 g/mol. The highest BCUT2D eigenvalue weighted by Gasteiger charge is 2.41. The first-order valence-corrected chi connectivity index (χ1v) is 12.4. The molecule has 3 fully saturated rings. The Morgan fingerprint density at radius 1 is 1.18 bits per heavy atom. The van der Waals surface area contributed by atoms with Gasteiger partial charge in [0.05, 0.1) is 34.5 Å². The topological polar surface area (TPSA) is 95.2 Å². The maximum Gasteiger partial charge on any atom is 0.317 e. The van der Waals surface area contributed by atoms with Crippen LogP contribution in [0.25, 0.3) is 0 Å². The van der Waals surface area contributed by atoms with Crippen LogP contribution in [0.15, 0.2) is 23.3 Å². The Morgan fingerprint density at radius 2 is 1.91 bits per heavy atom. The lowest BCUT2D eigenvalue weighted by molar-refractivity contribution is 0.0901. The summed E-state index contributed by atoms with van der Waals surface area (Å²) >= 11 is 6.33. The van der Waals surface area contributed by atoms with Crippen LogP contribution in [0.5, 0.6) is 0 Å². The molecule has 9 heteroatoms. The van der Waals surface area contributed by atoms with Gasteiger partial charge in [0, 0.05) is 32.6 Å². The number of aliphatic hydroxyl groups is 1. The van der Waals surface area contributed by atoms with Crippen molar-refractivity contribution in [3.05, 3.63) is 28.8 Å². The second-order valence-electron chi connectivity index (χ2n) is 9.72. The number of aliphatic hydroxyl groups excluding tert-OH is 1. The summed E-state index contributed by atoms with van der Waals surface area (Å²) < 4.78 is 0. The number of urea groups is 1. The lowest BCUT2D eigenvalue weighted by Crippen LogP contribution is -2.63. The van der Waals surface area contributed by atoms with E-state index in [1.54, 1.807) is 11.0 Å². The van der Waals surface area contributed by atoms with Gasteiger partial charge in [-0.2, -0.15) is 10.4 Å². The average Bonchev–Trinajstić information content (AvgIpc) is 3.46. The Bertz CT molecular complexity index is 958. The number of amides is 2. The predicted octanol–water partition coefficient (Wildman–Crippen LogP) is 3.14. The Hall–Kier alpha value is -2.50. The van der Waals surface area contributed by atoms with Crippen molar-refractivity contribution < 1.29 is 9.90 Å². The number of anilines is 1. The molecule has 0 spiro atoms. The van der Waals surface area contributed by atoms with Gasteiger partial charge >= 0.3 is 6.03 Å². The van der Waals surface area contributed by atoms with Crippen molar-refractivity contribution in [1.82, 2.24) is 15.1 Å². The quantitative estimate of drug-likeness (QED) is 0.707. The van der Waals surface area contributed by atoms with E-state index in [0.717, 1.165) is 31.0 Å². The highest BCUT2D eigenvalue weighted by molar-refractivity contribution is 6.32. The number of hydrazone groups is 1. The number of hydrogen-bond donors (Lipinski definition) is 2. The minimum atomic E-state index is -0.282. The van der Waals surface area contributed by atoms with Gasteiger partial charge in [-0.05, 0) is 49.8 Å². The molecule has 8 nitrogen and oxygen atoms in total. The van der Waals surface area contributed by atoms with E-state index in [9.17, 15) is 15.2 Å². The fraction of sp³-hybridized carbons (Fsp3) is 0.625. The van der Waals surface area contributed by atoms with E-state index in [4.69, 9.17) is 16.7 Å². The Balaban J connectivity index is 1.23. The summed E-state index contributed by atoms with van der Waals surface area (Å²) in [6, 6.07) is 8.08. The van der Waals surface area contributed by atoms with Gasteiger partial charge < -0.3 is 20.2 Å². The van der Waals surface area contributed by atoms with Crippen LogP contribution in [0.4, 0.5) is 10.5 Å². The summed E-state index contributed by atoms with van der Waals surface area (Å²) in [7, 11) is 0. The van der Waals surface area contributed by atoms with E-state index in [-0.39, 0.29) is 18.2 Å². The number of nitriles is 1. The molecule has 1 aromatic rings. The maximum atomic E-state index is 12.5. The largest absolute Gasteiger partial charge is 0.393 e. The summed E-state index contributed by atoms with van der Waals surface area (Å²) in [5.74, 6) is 1.67. The molecule has 4 aliphatic rings. The van der Waals surface area contributed by atoms with Gasteiger partial charge in [-0.15, -0.1) is 0 Å². The molecule has 5 rings (SSSR count). The normalized spacial score (nSPS) is 24.6. The zero-order chi connectivity index (χ0) is 22.9. The smallest absolute Gasteiger partial charge is 0.317 e. The fourth-order valence-corrected chi connectivity index (χ4v) is 5.73. The minimum absolute atomic E-state index is 0.0300. The second-order valence-corrected chi connectivity index (χ2v) is 10.1. The zero-order valence-electron chi connectivity index (χ0n) is 18.8. The molecule has 3 aliphatic heterocycles. The molecule has 0 radical (unpaired) electrons. The van der Waals surface area contributed by atoms with Crippen LogP contribution in [-0.2, 0) is 0 Å². The van der Waals surface area contributed by atoms with E-state index in [1.165, 1.54) is 25.7 Å². The lowest BCUT2D eigenvalue weighted by Gasteiger charge is -2.42. The third kappa shape index (κ3) is 4.62. The molecule has 176 valence electrons. The van der Waals surface area contributed by atoms with Crippen molar-refractivity contribution in [2.45, 2.75) is 63.1 Å². The molecular weight excluding hydrogens is 440 g/mol. The van der Waals surface area contributed by atoms with Crippen LogP contribution >= 0.6 is 11.6 Å². The fourth-order valence-electron chi connectivity index (χ4n) is 5.52. The molecule has 1 aliphatic carbocycles. The van der Waals surface area contributed by atoms with Gasteiger partial charge in [0.1, 0.15) is 11.9 Å². The number of benzene rings is 1. The highest BCUT2D eigenvalue weighted by atomic mass is 35.5. The second kappa shape index (κ2) is 9.40. The van der Waals surface area contributed by atoms with E-state index in [1.807, 2.05) is 12.1 Å². The molecule has 1 unspecified atom stereocenters. The van der Waals surface area contributed by atoms with Crippen LogP contribution in [0.2, 0.25) is 5.02 Å². The van der Waals surface area contributed by atoms with Gasteiger partial charge in [-0.25, -0.2) is 4.79 Å². The summed E-state index contributed by atoms with van der Waals surface area (Å²) in [5.41, 5.74) is 1.41. The zero-order valence-corrected chi connectivity index (χ0v) is 19.5. The summed E-state index contributed by atoms with van der Waals surface area (Å²) in [6.45, 7) is 2.75. The SMILES string of the molecule is N#Cc1ccc(N2N=C(N3CC(NC(=O)N4CCC(O)CC4)C3)CC2C2CCCC2)cc1Cl. The third-order valence-corrected chi connectivity index (χ3v) is 7.85. The van der Waals surface area contributed by atoms with Crippen LogP contribution in [0, 0.1) is 17.2 Å². The third-order valence-electron chi connectivity index (χ3n) is 7.54. The molecular formula is C24H31ClN6O2. The highest BCUT2D eigenvalue weighted by Crippen LogP contribution is 2.39. The number of carbonyl (C=O) groups excluding carboxylic acids is 1. The van der Waals surface area contributed by atoms with E-state index in [2.05, 4.69) is 21.3 Å². The number of amidine groups is 1. The summed E-state index contributed by atoms with van der Waals surface area (Å²) in [6.07, 6.45) is 6.89. The van der Waals surface area contributed by atoms with Crippen molar-refractivity contribution in [2.75, 3.05) is 31.2 Å². The number of hydrogen-bond acceptors (Lipinski definition) is 6. The standard InChI is InChI=1S/C24H31ClN6O2/c25-21-11-19(6-5-17(21)13-26)31-22(16-3-1-2-4-16)12-23(28-31)30-14-18(15-30)27-24(33)29-9-7-20(32)8-10-29/h5-6,11,16,18,20,22,32H,1-4,7-10,12,14-15H2,(H,27,33). The number of rotatable bonds is 3. The van der Waals surface area contributed by atoms with Crippen LogP contribution < -0.4 is 10.3 Å². The first-order chi connectivity index (χ1) is 16.0. The van der Waals surface area contributed by atoms with E-state index < -0.39 is 0 Å². The molecule has 1 aromatic carbocycles. The van der Waals surface area contributed by atoms with Crippen molar-refractivity contribution >= 4 is 29.2 Å². The van der Waals surface area contributed by atoms with Gasteiger partial charge in [0.2, 0.25) is 0 Å². The Morgan fingerprint density at radius 3 is 2.58 bits per heavy atom. The first-order valence-electron chi connectivity index (χ1n) is 12.1. The number of halogens is 1. The molecule has 1 atom stereocenters.